The average molecular weight is 257 g/mol. The minimum Gasteiger partial charge on any atom is -0.313 e. The monoisotopic (exact) mass is 257 g/mol. The summed E-state index contributed by atoms with van der Waals surface area (Å²) in [5, 5.41) is 7.86. The van der Waals surface area contributed by atoms with E-state index in [9.17, 15) is 0 Å². The van der Waals surface area contributed by atoms with Crippen molar-refractivity contribution in [2.75, 3.05) is 6.54 Å². The molecule has 0 spiro atoms. The van der Waals surface area contributed by atoms with Crippen LogP contribution in [0.3, 0.4) is 0 Å². The van der Waals surface area contributed by atoms with Gasteiger partial charge in [0.1, 0.15) is 0 Å². The maximum absolute atomic E-state index is 4.39. The van der Waals surface area contributed by atoms with Gasteiger partial charge in [0.2, 0.25) is 0 Å². The second-order valence-electron chi connectivity index (χ2n) is 6.12. The summed E-state index contributed by atoms with van der Waals surface area (Å²) < 4.78 is 1.92. The predicted molar refractivity (Wildman–Crippen MR) is 79.3 cm³/mol. The molecule has 0 aliphatic heterocycles. The summed E-state index contributed by atoms with van der Waals surface area (Å²) in [5.74, 6) is 0. The smallest absolute Gasteiger partial charge is 0.0645 e. The molecular weight excluding hydrogens is 234 g/mol. The van der Waals surface area contributed by atoms with E-state index in [-0.39, 0.29) is 0 Å². The number of para-hydroxylation sites is 1. The van der Waals surface area contributed by atoms with Gasteiger partial charge < -0.3 is 5.32 Å². The molecule has 1 aromatic carbocycles. The SMILES string of the molecule is CC(C)(C)CCNCc1cnn(-c2ccccc2)c1. The lowest BCUT2D eigenvalue weighted by Gasteiger charge is -2.17. The topological polar surface area (TPSA) is 29.9 Å². The Bertz CT molecular complexity index is 494. The van der Waals surface area contributed by atoms with Crippen molar-refractivity contribution in [1.82, 2.24) is 15.1 Å². The molecular formula is C16H23N3. The Labute approximate surface area is 115 Å². The van der Waals surface area contributed by atoms with Gasteiger partial charge in [0.25, 0.3) is 0 Å². The Morgan fingerprint density at radius 2 is 1.89 bits per heavy atom. The van der Waals surface area contributed by atoms with E-state index in [2.05, 4.69) is 49.5 Å². The zero-order valence-electron chi connectivity index (χ0n) is 12.1. The van der Waals surface area contributed by atoms with Gasteiger partial charge in [-0.3, -0.25) is 0 Å². The van der Waals surface area contributed by atoms with Gasteiger partial charge in [-0.2, -0.15) is 5.10 Å². The van der Waals surface area contributed by atoms with Crippen LogP contribution in [0.1, 0.15) is 32.8 Å². The van der Waals surface area contributed by atoms with Crippen molar-refractivity contribution in [2.45, 2.75) is 33.7 Å². The third-order valence-corrected chi connectivity index (χ3v) is 3.04. The molecule has 0 aliphatic rings. The van der Waals surface area contributed by atoms with E-state index >= 15 is 0 Å². The lowest BCUT2D eigenvalue weighted by molar-refractivity contribution is 0.366. The number of benzene rings is 1. The molecule has 0 bridgehead atoms. The molecule has 0 unspecified atom stereocenters. The van der Waals surface area contributed by atoms with Gasteiger partial charge in [-0.05, 0) is 30.5 Å². The van der Waals surface area contributed by atoms with Gasteiger partial charge in [0, 0.05) is 18.3 Å². The molecule has 0 amide bonds. The molecule has 0 aliphatic carbocycles. The Kier molecular flexibility index (Phi) is 4.38. The van der Waals surface area contributed by atoms with E-state index < -0.39 is 0 Å². The summed E-state index contributed by atoms with van der Waals surface area (Å²) in [6, 6.07) is 10.2. The average Bonchev–Trinajstić information content (AvgIpc) is 2.83. The van der Waals surface area contributed by atoms with Gasteiger partial charge in [-0.15, -0.1) is 0 Å². The van der Waals surface area contributed by atoms with Crippen molar-refractivity contribution >= 4 is 0 Å². The van der Waals surface area contributed by atoms with Crippen molar-refractivity contribution in [3.8, 4) is 5.69 Å². The Morgan fingerprint density at radius 1 is 1.16 bits per heavy atom. The standard InChI is InChI=1S/C16H23N3/c1-16(2,3)9-10-17-11-14-12-18-19(13-14)15-7-5-4-6-8-15/h4-8,12-13,17H,9-11H2,1-3H3. The van der Waals surface area contributed by atoms with Crippen LogP contribution in [0.5, 0.6) is 0 Å². The van der Waals surface area contributed by atoms with E-state index in [0.29, 0.717) is 5.41 Å². The number of nitrogens with zero attached hydrogens (tertiary/aromatic N) is 2. The summed E-state index contributed by atoms with van der Waals surface area (Å²) in [6.45, 7) is 8.72. The van der Waals surface area contributed by atoms with E-state index in [1.165, 1.54) is 12.0 Å². The fraction of sp³-hybridized carbons (Fsp3) is 0.438. The third-order valence-electron chi connectivity index (χ3n) is 3.04. The van der Waals surface area contributed by atoms with Crippen molar-refractivity contribution in [3.63, 3.8) is 0 Å². The quantitative estimate of drug-likeness (QED) is 0.832. The molecule has 0 saturated heterocycles. The van der Waals surface area contributed by atoms with E-state index in [1.54, 1.807) is 0 Å². The van der Waals surface area contributed by atoms with Crippen LogP contribution >= 0.6 is 0 Å². The molecule has 0 radical (unpaired) electrons. The molecule has 0 saturated carbocycles. The molecule has 0 fully saturated rings. The second kappa shape index (κ2) is 6.02. The van der Waals surface area contributed by atoms with Crippen LogP contribution in [0.4, 0.5) is 0 Å². The zero-order valence-corrected chi connectivity index (χ0v) is 12.1. The number of hydrogen-bond acceptors (Lipinski definition) is 2. The molecule has 3 nitrogen and oxygen atoms in total. The fourth-order valence-electron chi connectivity index (χ4n) is 1.87. The Balaban J connectivity index is 1.85. The van der Waals surface area contributed by atoms with Crippen LogP contribution in [0.15, 0.2) is 42.7 Å². The highest BCUT2D eigenvalue weighted by molar-refractivity contribution is 5.30. The van der Waals surface area contributed by atoms with E-state index in [0.717, 1.165) is 18.8 Å². The van der Waals surface area contributed by atoms with Crippen LogP contribution in [-0.4, -0.2) is 16.3 Å². The molecule has 2 aromatic rings. The maximum atomic E-state index is 4.39. The normalized spacial score (nSPS) is 11.7. The molecule has 2 rings (SSSR count). The Hall–Kier alpha value is -1.61. The number of nitrogens with one attached hydrogen (secondary N) is 1. The fourth-order valence-corrected chi connectivity index (χ4v) is 1.87. The molecule has 1 N–H and O–H groups in total. The highest BCUT2D eigenvalue weighted by atomic mass is 15.3. The molecule has 1 aromatic heterocycles. The molecule has 102 valence electrons. The van der Waals surface area contributed by atoms with E-state index in [4.69, 9.17) is 0 Å². The minimum atomic E-state index is 0.390. The second-order valence-corrected chi connectivity index (χ2v) is 6.12. The van der Waals surface area contributed by atoms with Crippen molar-refractivity contribution in [3.05, 3.63) is 48.3 Å². The van der Waals surface area contributed by atoms with Gasteiger partial charge >= 0.3 is 0 Å². The molecule has 3 heteroatoms. The van der Waals surface area contributed by atoms with Crippen LogP contribution in [0.25, 0.3) is 5.69 Å². The lowest BCUT2D eigenvalue weighted by atomic mass is 9.92. The molecule has 0 atom stereocenters. The van der Waals surface area contributed by atoms with Gasteiger partial charge in [-0.25, -0.2) is 4.68 Å². The summed E-state index contributed by atoms with van der Waals surface area (Å²) in [6.07, 6.45) is 5.19. The first-order chi connectivity index (χ1) is 9.04. The van der Waals surface area contributed by atoms with E-state index in [1.807, 2.05) is 29.1 Å². The minimum absolute atomic E-state index is 0.390. The van der Waals surface area contributed by atoms with Crippen LogP contribution < -0.4 is 5.32 Å². The first-order valence-corrected chi connectivity index (χ1v) is 6.84. The summed E-state index contributed by atoms with van der Waals surface area (Å²) in [5.41, 5.74) is 2.71. The third kappa shape index (κ3) is 4.52. The van der Waals surface area contributed by atoms with Crippen molar-refractivity contribution < 1.29 is 0 Å². The number of rotatable bonds is 5. The van der Waals surface area contributed by atoms with Crippen LogP contribution in [0, 0.1) is 5.41 Å². The Morgan fingerprint density at radius 3 is 2.58 bits per heavy atom. The first-order valence-electron chi connectivity index (χ1n) is 6.84. The van der Waals surface area contributed by atoms with Crippen molar-refractivity contribution in [2.24, 2.45) is 5.41 Å². The predicted octanol–water partition coefficient (Wildman–Crippen LogP) is 3.40. The van der Waals surface area contributed by atoms with Crippen LogP contribution in [-0.2, 0) is 6.54 Å². The maximum Gasteiger partial charge on any atom is 0.0645 e. The lowest BCUT2D eigenvalue weighted by Crippen LogP contribution is -2.19. The molecule has 1 heterocycles. The zero-order chi connectivity index (χ0) is 13.7. The summed E-state index contributed by atoms with van der Waals surface area (Å²) >= 11 is 0. The van der Waals surface area contributed by atoms with Gasteiger partial charge in [0.05, 0.1) is 11.9 Å². The number of hydrogen-bond donors (Lipinski definition) is 1. The first kappa shape index (κ1) is 13.8. The van der Waals surface area contributed by atoms with Gasteiger partial charge in [-0.1, -0.05) is 39.0 Å². The highest BCUT2D eigenvalue weighted by Crippen LogP contribution is 2.17. The van der Waals surface area contributed by atoms with Crippen LogP contribution in [0.2, 0.25) is 0 Å². The summed E-state index contributed by atoms with van der Waals surface area (Å²) in [4.78, 5) is 0. The largest absolute Gasteiger partial charge is 0.313 e. The summed E-state index contributed by atoms with van der Waals surface area (Å²) in [7, 11) is 0. The number of aromatic nitrogens is 2. The highest BCUT2D eigenvalue weighted by Gasteiger charge is 2.08. The van der Waals surface area contributed by atoms with Gasteiger partial charge in [0.15, 0.2) is 0 Å². The molecule has 19 heavy (non-hydrogen) atoms. The van der Waals surface area contributed by atoms with Crippen molar-refractivity contribution in [1.29, 1.82) is 0 Å².